The maximum atomic E-state index is 6.24. The summed E-state index contributed by atoms with van der Waals surface area (Å²) in [5.41, 5.74) is 7.87. The van der Waals surface area contributed by atoms with Crippen LogP contribution < -0.4 is 5.73 Å². The third kappa shape index (κ3) is 2.29. The van der Waals surface area contributed by atoms with Crippen LogP contribution in [-0.4, -0.2) is 10.1 Å². The number of aryl methyl sites for hydroxylation is 1. The van der Waals surface area contributed by atoms with Gasteiger partial charge in [-0.3, -0.25) is 0 Å². The van der Waals surface area contributed by atoms with Crippen molar-refractivity contribution in [1.82, 2.24) is 10.1 Å². The minimum absolute atomic E-state index is 0.517. The van der Waals surface area contributed by atoms with Crippen LogP contribution in [0.15, 0.2) is 28.8 Å². The van der Waals surface area contributed by atoms with Crippen molar-refractivity contribution >= 4 is 0 Å². The lowest BCUT2D eigenvalue weighted by molar-refractivity contribution is 0.268. The van der Waals surface area contributed by atoms with Gasteiger partial charge in [0.05, 0.1) is 5.54 Å². The quantitative estimate of drug-likeness (QED) is 0.899. The maximum absolute atomic E-state index is 6.24. The molecule has 4 nitrogen and oxygen atoms in total. The average molecular weight is 245 g/mol. The first-order valence-corrected chi connectivity index (χ1v) is 6.29. The maximum Gasteiger partial charge on any atom is 0.247 e. The van der Waals surface area contributed by atoms with Crippen molar-refractivity contribution in [3.63, 3.8) is 0 Å². The molecule has 0 unspecified atom stereocenters. The summed E-state index contributed by atoms with van der Waals surface area (Å²) in [7, 11) is 0. The Morgan fingerprint density at radius 3 is 2.33 bits per heavy atom. The molecule has 1 aromatic carbocycles. The molecule has 0 saturated carbocycles. The second-order valence-electron chi connectivity index (χ2n) is 4.65. The molecule has 0 spiro atoms. The fourth-order valence-electron chi connectivity index (χ4n) is 1.80. The average Bonchev–Trinajstić information content (AvgIpc) is 2.89. The van der Waals surface area contributed by atoms with E-state index < -0.39 is 5.54 Å². The molecule has 0 atom stereocenters. The van der Waals surface area contributed by atoms with Gasteiger partial charge in [-0.25, -0.2) is 0 Å². The third-order valence-corrected chi connectivity index (χ3v) is 3.42. The van der Waals surface area contributed by atoms with E-state index in [1.807, 2.05) is 45.0 Å². The Bertz CT molecular complexity index is 512. The second-order valence-corrected chi connectivity index (χ2v) is 4.65. The lowest BCUT2D eigenvalue weighted by atomic mass is 9.94. The molecule has 18 heavy (non-hydrogen) atoms. The summed E-state index contributed by atoms with van der Waals surface area (Å²) >= 11 is 0. The molecule has 1 heterocycles. The molecule has 0 aliphatic rings. The minimum atomic E-state index is -0.518. The summed E-state index contributed by atoms with van der Waals surface area (Å²) in [5, 5.41) is 4.01. The summed E-state index contributed by atoms with van der Waals surface area (Å²) < 4.78 is 5.31. The van der Waals surface area contributed by atoms with Gasteiger partial charge < -0.3 is 10.3 Å². The highest BCUT2D eigenvalue weighted by molar-refractivity contribution is 5.54. The van der Waals surface area contributed by atoms with Gasteiger partial charge in [-0.2, -0.15) is 4.98 Å². The van der Waals surface area contributed by atoms with E-state index in [4.69, 9.17) is 10.3 Å². The van der Waals surface area contributed by atoms with Crippen LogP contribution in [0.25, 0.3) is 11.4 Å². The Kier molecular flexibility index (Phi) is 3.48. The number of rotatable bonds is 4. The number of hydrogen-bond donors (Lipinski definition) is 1. The van der Waals surface area contributed by atoms with Crippen LogP contribution >= 0.6 is 0 Å². The van der Waals surface area contributed by atoms with Crippen molar-refractivity contribution < 1.29 is 4.52 Å². The van der Waals surface area contributed by atoms with Crippen molar-refractivity contribution in [3.05, 3.63) is 35.7 Å². The molecule has 0 amide bonds. The first kappa shape index (κ1) is 12.8. The summed E-state index contributed by atoms with van der Waals surface area (Å²) in [5.74, 6) is 1.12. The zero-order valence-electron chi connectivity index (χ0n) is 11.1. The van der Waals surface area contributed by atoms with Gasteiger partial charge >= 0.3 is 0 Å². The first-order valence-electron chi connectivity index (χ1n) is 6.29. The van der Waals surface area contributed by atoms with E-state index in [1.165, 1.54) is 5.56 Å². The number of benzene rings is 1. The van der Waals surface area contributed by atoms with Gasteiger partial charge in [-0.15, -0.1) is 0 Å². The minimum Gasteiger partial charge on any atom is -0.337 e. The SMILES string of the molecule is CCC(N)(CC)c1nc(-c2ccc(C)cc2)no1. The first-order chi connectivity index (χ1) is 8.59. The molecular formula is C14H19N3O. The van der Waals surface area contributed by atoms with E-state index in [0.29, 0.717) is 11.7 Å². The van der Waals surface area contributed by atoms with Crippen LogP contribution in [0.1, 0.15) is 38.1 Å². The number of hydrogen-bond acceptors (Lipinski definition) is 4. The van der Waals surface area contributed by atoms with Crippen molar-refractivity contribution in [2.45, 2.75) is 39.2 Å². The van der Waals surface area contributed by atoms with Crippen LogP contribution in [0.2, 0.25) is 0 Å². The Labute approximate surface area is 107 Å². The highest BCUT2D eigenvalue weighted by atomic mass is 16.5. The number of nitrogens with two attached hydrogens (primary N) is 1. The molecule has 0 bridgehead atoms. The summed E-state index contributed by atoms with van der Waals surface area (Å²) in [6.07, 6.45) is 1.55. The standard InChI is InChI=1S/C14H19N3O/c1-4-14(15,5-2)13-16-12(17-18-13)11-8-6-10(3)7-9-11/h6-9H,4-5,15H2,1-3H3. The summed E-state index contributed by atoms with van der Waals surface area (Å²) in [6.45, 7) is 6.10. The van der Waals surface area contributed by atoms with Gasteiger partial charge in [-0.05, 0) is 19.8 Å². The van der Waals surface area contributed by atoms with E-state index >= 15 is 0 Å². The summed E-state index contributed by atoms with van der Waals surface area (Å²) in [4.78, 5) is 4.42. The van der Waals surface area contributed by atoms with Gasteiger partial charge in [0.15, 0.2) is 0 Å². The number of nitrogens with zero attached hydrogens (tertiary/aromatic N) is 2. The Morgan fingerprint density at radius 1 is 1.17 bits per heavy atom. The molecule has 0 saturated heterocycles. The van der Waals surface area contributed by atoms with Gasteiger partial charge in [-0.1, -0.05) is 48.8 Å². The highest BCUT2D eigenvalue weighted by Gasteiger charge is 2.30. The van der Waals surface area contributed by atoms with E-state index in [9.17, 15) is 0 Å². The molecular weight excluding hydrogens is 226 g/mol. The Balaban J connectivity index is 2.33. The van der Waals surface area contributed by atoms with Crippen LogP contribution in [0.4, 0.5) is 0 Å². The molecule has 2 aromatic rings. The third-order valence-electron chi connectivity index (χ3n) is 3.42. The van der Waals surface area contributed by atoms with Crippen LogP contribution in [0.3, 0.4) is 0 Å². The molecule has 0 aliphatic heterocycles. The molecule has 96 valence electrons. The van der Waals surface area contributed by atoms with Crippen molar-refractivity contribution in [1.29, 1.82) is 0 Å². The fraction of sp³-hybridized carbons (Fsp3) is 0.429. The molecule has 2 N–H and O–H groups in total. The summed E-state index contributed by atoms with van der Waals surface area (Å²) in [6, 6.07) is 8.03. The Hall–Kier alpha value is -1.68. The second kappa shape index (κ2) is 4.90. The van der Waals surface area contributed by atoms with Crippen molar-refractivity contribution in [2.24, 2.45) is 5.73 Å². The molecule has 0 aliphatic carbocycles. The molecule has 0 fully saturated rings. The number of aromatic nitrogens is 2. The van der Waals surface area contributed by atoms with Crippen molar-refractivity contribution in [2.75, 3.05) is 0 Å². The predicted octanol–water partition coefficient (Wildman–Crippen LogP) is 3.02. The topological polar surface area (TPSA) is 64.9 Å². The zero-order valence-corrected chi connectivity index (χ0v) is 11.1. The normalized spacial score (nSPS) is 11.8. The van der Waals surface area contributed by atoms with Gasteiger partial charge in [0, 0.05) is 5.56 Å². The van der Waals surface area contributed by atoms with Gasteiger partial charge in [0.1, 0.15) is 0 Å². The van der Waals surface area contributed by atoms with Gasteiger partial charge in [0.2, 0.25) is 11.7 Å². The Morgan fingerprint density at radius 2 is 1.78 bits per heavy atom. The van der Waals surface area contributed by atoms with E-state index in [-0.39, 0.29) is 0 Å². The molecule has 2 rings (SSSR count). The molecule has 1 aromatic heterocycles. The zero-order chi connectivity index (χ0) is 13.2. The van der Waals surface area contributed by atoms with E-state index in [1.54, 1.807) is 0 Å². The van der Waals surface area contributed by atoms with Gasteiger partial charge in [0.25, 0.3) is 0 Å². The molecule has 0 radical (unpaired) electrons. The van der Waals surface area contributed by atoms with Crippen LogP contribution in [0, 0.1) is 6.92 Å². The molecule has 4 heteroatoms. The van der Waals surface area contributed by atoms with Crippen LogP contribution in [-0.2, 0) is 5.54 Å². The van der Waals surface area contributed by atoms with Crippen molar-refractivity contribution in [3.8, 4) is 11.4 Å². The van der Waals surface area contributed by atoms with E-state index in [2.05, 4.69) is 10.1 Å². The monoisotopic (exact) mass is 245 g/mol. The van der Waals surface area contributed by atoms with E-state index in [0.717, 1.165) is 18.4 Å². The lowest BCUT2D eigenvalue weighted by Gasteiger charge is -2.20. The lowest BCUT2D eigenvalue weighted by Crippen LogP contribution is -2.35. The smallest absolute Gasteiger partial charge is 0.247 e. The van der Waals surface area contributed by atoms with Crippen LogP contribution in [0.5, 0.6) is 0 Å². The highest BCUT2D eigenvalue weighted by Crippen LogP contribution is 2.26. The largest absolute Gasteiger partial charge is 0.337 e. The fourth-order valence-corrected chi connectivity index (χ4v) is 1.80. The predicted molar refractivity (Wildman–Crippen MR) is 70.9 cm³/mol.